The number of ether oxygens (including phenoxy) is 2. The summed E-state index contributed by atoms with van der Waals surface area (Å²) in [7, 11) is 3.11. The van der Waals surface area contributed by atoms with Crippen LogP contribution in [0.4, 0.5) is 0 Å². The van der Waals surface area contributed by atoms with E-state index in [9.17, 15) is 0 Å². The standard InChI is InChI=1S/C10H11N3O2/c1-6-4-7-5-11-13-10(15-3)8(7)9(12-6)14-2/h4-5H,1-3H3. The number of aromatic nitrogens is 3. The van der Waals surface area contributed by atoms with Crippen LogP contribution in [0, 0.1) is 6.92 Å². The molecule has 0 aliphatic heterocycles. The van der Waals surface area contributed by atoms with Gasteiger partial charge in [-0.3, -0.25) is 0 Å². The zero-order chi connectivity index (χ0) is 10.8. The molecule has 5 heteroatoms. The molecule has 0 aliphatic carbocycles. The summed E-state index contributed by atoms with van der Waals surface area (Å²) in [4.78, 5) is 4.26. The monoisotopic (exact) mass is 205 g/mol. The van der Waals surface area contributed by atoms with Crippen LogP contribution in [0.5, 0.6) is 11.8 Å². The maximum Gasteiger partial charge on any atom is 0.246 e. The van der Waals surface area contributed by atoms with Crippen molar-refractivity contribution in [2.24, 2.45) is 0 Å². The predicted octanol–water partition coefficient (Wildman–Crippen LogP) is 1.35. The molecule has 0 radical (unpaired) electrons. The second-order valence-corrected chi connectivity index (χ2v) is 3.09. The van der Waals surface area contributed by atoms with Gasteiger partial charge in [0.15, 0.2) is 0 Å². The molecule has 2 heterocycles. The fourth-order valence-corrected chi connectivity index (χ4v) is 1.47. The molecule has 0 N–H and O–H groups in total. The Hall–Kier alpha value is -1.91. The van der Waals surface area contributed by atoms with Crippen molar-refractivity contribution in [3.05, 3.63) is 18.0 Å². The quantitative estimate of drug-likeness (QED) is 0.740. The molecule has 0 aromatic carbocycles. The summed E-state index contributed by atoms with van der Waals surface area (Å²) >= 11 is 0. The molecule has 0 unspecified atom stereocenters. The number of nitrogens with zero attached hydrogens (tertiary/aromatic N) is 3. The van der Waals surface area contributed by atoms with Crippen LogP contribution in [0.2, 0.25) is 0 Å². The number of rotatable bonds is 2. The molecule has 5 nitrogen and oxygen atoms in total. The lowest BCUT2D eigenvalue weighted by Crippen LogP contribution is -1.97. The lowest BCUT2D eigenvalue weighted by Gasteiger charge is -2.07. The highest BCUT2D eigenvalue weighted by molar-refractivity contribution is 5.90. The average Bonchev–Trinajstić information content (AvgIpc) is 2.26. The summed E-state index contributed by atoms with van der Waals surface area (Å²) in [5, 5.41) is 9.37. The van der Waals surface area contributed by atoms with Gasteiger partial charge in [-0.2, -0.15) is 5.10 Å². The molecule has 15 heavy (non-hydrogen) atoms. The van der Waals surface area contributed by atoms with Gasteiger partial charge in [-0.15, -0.1) is 5.10 Å². The van der Waals surface area contributed by atoms with Gasteiger partial charge in [-0.25, -0.2) is 4.98 Å². The van der Waals surface area contributed by atoms with Gasteiger partial charge in [0.1, 0.15) is 5.39 Å². The van der Waals surface area contributed by atoms with Crippen LogP contribution in [0.1, 0.15) is 5.69 Å². The van der Waals surface area contributed by atoms with Crippen molar-refractivity contribution in [2.75, 3.05) is 14.2 Å². The molecule has 0 fully saturated rings. The highest BCUT2D eigenvalue weighted by Crippen LogP contribution is 2.29. The first kappa shape index (κ1) is 9.64. The molecule has 2 aromatic rings. The molecule has 2 aromatic heterocycles. The number of pyridine rings is 1. The largest absolute Gasteiger partial charge is 0.480 e. The van der Waals surface area contributed by atoms with E-state index in [1.807, 2.05) is 13.0 Å². The number of methoxy groups -OCH3 is 2. The van der Waals surface area contributed by atoms with E-state index in [-0.39, 0.29) is 0 Å². The number of fused-ring (bicyclic) bond motifs is 1. The minimum atomic E-state index is 0.428. The lowest BCUT2D eigenvalue weighted by atomic mass is 10.2. The molecule has 78 valence electrons. The van der Waals surface area contributed by atoms with Gasteiger partial charge in [0.05, 0.1) is 20.4 Å². The first-order valence-electron chi connectivity index (χ1n) is 4.47. The predicted molar refractivity (Wildman–Crippen MR) is 55.2 cm³/mol. The van der Waals surface area contributed by atoms with Crippen LogP contribution in [-0.4, -0.2) is 29.4 Å². The van der Waals surface area contributed by atoms with E-state index in [1.54, 1.807) is 20.4 Å². The van der Waals surface area contributed by atoms with Gasteiger partial charge in [-0.05, 0) is 13.0 Å². The van der Waals surface area contributed by atoms with Gasteiger partial charge in [0.2, 0.25) is 11.8 Å². The molecule has 0 saturated heterocycles. The van der Waals surface area contributed by atoms with E-state index in [2.05, 4.69) is 15.2 Å². The van der Waals surface area contributed by atoms with E-state index in [0.717, 1.165) is 16.5 Å². The van der Waals surface area contributed by atoms with Gasteiger partial charge >= 0.3 is 0 Å². The Morgan fingerprint density at radius 1 is 1.13 bits per heavy atom. The van der Waals surface area contributed by atoms with Crippen LogP contribution in [0.15, 0.2) is 12.3 Å². The third kappa shape index (κ3) is 1.56. The van der Waals surface area contributed by atoms with Gasteiger partial charge < -0.3 is 9.47 Å². The summed E-state index contributed by atoms with van der Waals surface area (Å²) in [6, 6.07) is 1.91. The molecule has 0 aliphatic rings. The van der Waals surface area contributed by atoms with E-state index < -0.39 is 0 Å². The molecular weight excluding hydrogens is 194 g/mol. The molecule has 0 amide bonds. The Kier molecular flexibility index (Phi) is 2.37. The molecule has 2 rings (SSSR count). The van der Waals surface area contributed by atoms with E-state index >= 15 is 0 Å². The van der Waals surface area contributed by atoms with Crippen molar-refractivity contribution in [3.8, 4) is 11.8 Å². The third-order valence-corrected chi connectivity index (χ3v) is 2.09. The Balaban J connectivity index is 2.84. The fourth-order valence-electron chi connectivity index (χ4n) is 1.47. The molecule has 0 bridgehead atoms. The first-order chi connectivity index (χ1) is 7.26. The number of hydrogen-bond donors (Lipinski definition) is 0. The van der Waals surface area contributed by atoms with Crippen molar-refractivity contribution < 1.29 is 9.47 Å². The topological polar surface area (TPSA) is 57.1 Å². The van der Waals surface area contributed by atoms with E-state index in [4.69, 9.17) is 9.47 Å². The first-order valence-corrected chi connectivity index (χ1v) is 4.47. The van der Waals surface area contributed by atoms with E-state index in [0.29, 0.717) is 11.8 Å². The van der Waals surface area contributed by atoms with Crippen molar-refractivity contribution >= 4 is 10.8 Å². The fraction of sp³-hybridized carbons (Fsp3) is 0.300. The van der Waals surface area contributed by atoms with Crippen molar-refractivity contribution in [1.82, 2.24) is 15.2 Å². The maximum absolute atomic E-state index is 5.19. The SMILES string of the molecule is COc1nncc2cc(C)nc(OC)c12. The van der Waals surface area contributed by atoms with Gasteiger partial charge in [0, 0.05) is 11.1 Å². The highest BCUT2D eigenvalue weighted by atomic mass is 16.5. The zero-order valence-corrected chi connectivity index (χ0v) is 8.81. The normalized spacial score (nSPS) is 10.3. The van der Waals surface area contributed by atoms with Crippen molar-refractivity contribution in [1.29, 1.82) is 0 Å². The Labute approximate surface area is 87.1 Å². The number of aryl methyl sites for hydroxylation is 1. The zero-order valence-electron chi connectivity index (χ0n) is 8.81. The smallest absolute Gasteiger partial charge is 0.246 e. The van der Waals surface area contributed by atoms with E-state index in [1.165, 1.54) is 0 Å². The third-order valence-electron chi connectivity index (χ3n) is 2.09. The van der Waals surface area contributed by atoms with Crippen LogP contribution in [0.25, 0.3) is 10.8 Å². The summed E-state index contributed by atoms with van der Waals surface area (Å²) in [5.74, 6) is 0.939. The molecule has 0 atom stereocenters. The lowest BCUT2D eigenvalue weighted by molar-refractivity contribution is 0.383. The van der Waals surface area contributed by atoms with Crippen LogP contribution < -0.4 is 9.47 Å². The van der Waals surface area contributed by atoms with Crippen molar-refractivity contribution in [3.63, 3.8) is 0 Å². The minimum absolute atomic E-state index is 0.428. The second kappa shape index (κ2) is 3.68. The Morgan fingerprint density at radius 2 is 1.87 bits per heavy atom. The van der Waals surface area contributed by atoms with Crippen molar-refractivity contribution in [2.45, 2.75) is 6.92 Å². The minimum Gasteiger partial charge on any atom is -0.480 e. The second-order valence-electron chi connectivity index (χ2n) is 3.09. The number of hydrogen-bond acceptors (Lipinski definition) is 5. The highest BCUT2D eigenvalue weighted by Gasteiger charge is 2.11. The Bertz CT molecular complexity index is 499. The summed E-state index contributed by atoms with van der Waals surface area (Å²) in [5.41, 5.74) is 0.870. The Morgan fingerprint density at radius 3 is 2.53 bits per heavy atom. The summed E-state index contributed by atoms with van der Waals surface area (Å²) in [6.45, 7) is 1.90. The summed E-state index contributed by atoms with van der Waals surface area (Å²) in [6.07, 6.45) is 1.66. The van der Waals surface area contributed by atoms with Gasteiger partial charge in [0.25, 0.3) is 0 Å². The van der Waals surface area contributed by atoms with Crippen LogP contribution >= 0.6 is 0 Å². The molecular formula is C10H11N3O2. The summed E-state index contributed by atoms with van der Waals surface area (Å²) < 4.78 is 10.3. The van der Waals surface area contributed by atoms with Crippen LogP contribution in [0.3, 0.4) is 0 Å². The van der Waals surface area contributed by atoms with Gasteiger partial charge in [-0.1, -0.05) is 0 Å². The average molecular weight is 205 g/mol. The maximum atomic E-state index is 5.19. The molecule has 0 spiro atoms. The molecule has 0 saturated carbocycles. The van der Waals surface area contributed by atoms with Crippen LogP contribution in [-0.2, 0) is 0 Å².